The fourth-order valence-electron chi connectivity index (χ4n) is 1.18. The summed E-state index contributed by atoms with van der Waals surface area (Å²) in [4.78, 5) is 0. The van der Waals surface area contributed by atoms with Gasteiger partial charge in [0.25, 0.3) is 0 Å². The first-order chi connectivity index (χ1) is 6.77. The van der Waals surface area contributed by atoms with E-state index in [1.165, 1.54) is 25.7 Å². The fraction of sp³-hybridized carbons (Fsp3) is 0.714. The first-order valence-corrected chi connectivity index (χ1v) is 5.65. The first kappa shape index (κ1) is 13.1. The van der Waals surface area contributed by atoms with E-state index in [1.807, 2.05) is 6.92 Å². The molecule has 0 aliphatic carbocycles. The summed E-state index contributed by atoms with van der Waals surface area (Å²) in [6, 6.07) is 0. The molecule has 0 atom stereocenters. The van der Waals surface area contributed by atoms with Crippen LogP contribution in [0.2, 0.25) is 0 Å². The van der Waals surface area contributed by atoms with E-state index < -0.39 is 0 Å². The van der Waals surface area contributed by atoms with Crippen molar-refractivity contribution in [1.29, 1.82) is 0 Å². The van der Waals surface area contributed by atoms with Crippen LogP contribution >= 0.6 is 0 Å². The predicted octanol–water partition coefficient (Wildman–Crippen LogP) is 4.01. The van der Waals surface area contributed by atoms with Crippen molar-refractivity contribution >= 4 is 0 Å². The minimum Gasteiger partial charge on any atom is -0.107 e. The quantitative estimate of drug-likeness (QED) is 0.454. The van der Waals surface area contributed by atoms with Gasteiger partial charge in [0.15, 0.2) is 0 Å². The highest BCUT2D eigenvalue weighted by atomic mass is 13.9. The molecule has 0 spiro atoms. The van der Waals surface area contributed by atoms with Crippen LogP contribution in [-0.4, -0.2) is 0 Å². The number of rotatable bonds is 5. The summed E-state index contributed by atoms with van der Waals surface area (Å²) in [6.45, 7) is 6.17. The Bertz CT molecular complexity index is 226. The molecule has 0 aliphatic rings. The molecule has 0 rings (SSSR count). The van der Waals surface area contributed by atoms with Gasteiger partial charge in [0.1, 0.15) is 0 Å². The molecule has 0 saturated carbocycles. The van der Waals surface area contributed by atoms with Gasteiger partial charge in [0.2, 0.25) is 0 Å². The summed E-state index contributed by atoms with van der Waals surface area (Å²) in [7, 11) is 0. The molecule has 0 N–H and O–H groups in total. The second kappa shape index (κ2) is 10.2. The molecule has 0 aromatic carbocycles. The number of hydrogen-bond donors (Lipinski definition) is 0. The maximum absolute atomic E-state index is 3.21. The van der Waals surface area contributed by atoms with Crippen LogP contribution in [0.3, 0.4) is 0 Å². The van der Waals surface area contributed by atoms with E-state index in [2.05, 4.69) is 37.5 Å². The van der Waals surface area contributed by atoms with E-state index in [0.29, 0.717) is 5.92 Å². The molecule has 0 heteroatoms. The first-order valence-electron chi connectivity index (χ1n) is 5.65. The van der Waals surface area contributed by atoms with Gasteiger partial charge >= 0.3 is 0 Å². The van der Waals surface area contributed by atoms with Gasteiger partial charge < -0.3 is 0 Å². The molecule has 0 aliphatic heterocycles. The lowest BCUT2D eigenvalue weighted by molar-refractivity contribution is 0.660. The lowest BCUT2D eigenvalue weighted by Crippen LogP contribution is -1.80. The average molecular weight is 190 g/mol. The van der Waals surface area contributed by atoms with Crippen molar-refractivity contribution in [3.8, 4) is 23.7 Å². The molecule has 0 amide bonds. The van der Waals surface area contributed by atoms with Crippen molar-refractivity contribution in [3.63, 3.8) is 0 Å². The van der Waals surface area contributed by atoms with Gasteiger partial charge in [-0.05, 0) is 19.8 Å². The third kappa shape index (κ3) is 11.1. The highest BCUT2D eigenvalue weighted by Gasteiger charge is 1.87. The Balaban J connectivity index is 3.14. The molecule has 0 radical (unpaired) electrons. The lowest BCUT2D eigenvalue weighted by atomic mass is 10.1. The van der Waals surface area contributed by atoms with Crippen molar-refractivity contribution < 1.29 is 0 Å². The van der Waals surface area contributed by atoms with Crippen LogP contribution < -0.4 is 0 Å². The second-order valence-electron chi connectivity index (χ2n) is 3.82. The maximum atomic E-state index is 3.21. The van der Waals surface area contributed by atoms with Gasteiger partial charge in [0, 0.05) is 18.8 Å². The topological polar surface area (TPSA) is 0 Å². The summed E-state index contributed by atoms with van der Waals surface area (Å²) in [6.07, 6.45) is 7.24. The molecule has 0 saturated heterocycles. The highest BCUT2D eigenvalue weighted by molar-refractivity contribution is 5.00. The molecule has 0 heterocycles. The number of hydrogen-bond acceptors (Lipinski definition) is 0. The molecule has 0 unspecified atom stereocenters. The predicted molar refractivity (Wildman–Crippen MR) is 63.8 cm³/mol. The summed E-state index contributed by atoms with van der Waals surface area (Å²) in [5.41, 5.74) is 0. The third-order valence-corrected chi connectivity index (χ3v) is 1.92. The van der Waals surface area contributed by atoms with Crippen molar-refractivity contribution in [2.24, 2.45) is 5.92 Å². The Morgan fingerprint density at radius 1 is 0.857 bits per heavy atom. The molecule has 14 heavy (non-hydrogen) atoms. The fourth-order valence-corrected chi connectivity index (χ4v) is 1.18. The molecule has 0 bridgehead atoms. The highest BCUT2D eigenvalue weighted by Crippen LogP contribution is 2.04. The van der Waals surface area contributed by atoms with E-state index in [4.69, 9.17) is 0 Å². The third-order valence-electron chi connectivity index (χ3n) is 1.92. The van der Waals surface area contributed by atoms with E-state index in [0.717, 1.165) is 12.8 Å². The zero-order chi connectivity index (χ0) is 10.6. The molecular weight excluding hydrogens is 168 g/mol. The Labute approximate surface area is 89.5 Å². The van der Waals surface area contributed by atoms with Gasteiger partial charge in [0.05, 0.1) is 0 Å². The van der Waals surface area contributed by atoms with Crippen LogP contribution in [0.1, 0.15) is 59.3 Å². The molecule has 0 nitrogen and oxygen atoms in total. The normalized spacial score (nSPS) is 8.86. The second-order valence-corrected chi connectivity index (χ2v) is 3.82. The van der Waals surface area contributed by atoms with Crippen LogP contribution in [0.25, 0.3) is 0 Å². The van der Waals surface area contributed by atoms with Crippen molar-refractivity contribution in [2.75, 3.05) is 0 Å². The zero-order valence-electron chi connectivity index (χ0n) is 9.82. The van der Waals surface area contributed by atoms with E-state index in [-0.39, 0.29) is 0 Å². The van der Waals surface area contributed by atoms with Crippen molar-refractivity contribution in [2.45, 2.75) is 59.3 Å². The summed E-state index contributed by atoms with van der Waals surface area (Å²) < 4.78 is 0. The summed E-state index contributed by atoms with van der Waals surface area (Å²) in [5, 5.41) is 0. The average Bonchev–Trinajstić information content (AvgIpc) is 2.15. The number of unbranched alkanes of at least 4 members (excludes halogenated alkanes) is 5. The Kier molecular flexibility index (Phi) is 9.56. The molecule has 0 aromatic heterocycles. The SMILES string of the molecule is CC#CCCCCCCC#CC(C)C. The minimum absolute atomic E-state index is 0.523. The van der Waals surface area contributed by atoms with Gasteiger partial charge in [-0.2, -0.15) is 0 Å². The van der Waals surface area contributed by atoms with E-state index in [9.17, 15) is 0 Å². The van der Waals surface area contributed by atoms with Crippen LogP contribution in [0, 0.1) is 29.6 Å². The van der Waals surface area contributed by atoms with Gasteiger partial charge in [-0.1, -0.05) is 26.7 Å². The van der Waals surface area contributed by atoms with E-state index in [1.54, 1.807) is 0 Å². The smallest absolute Gasteiger partial charge is 0.0146 e. The van der Waals surface area contributed by atoms with Crippen LogP contribution in [0.5, 0.6) is 0 Å². The van der Waals surface area contributed by atoms with Gasteiger partial charge in [-0.25, -0.2) is 0 Å². The van der Waals surface area contributed by atoms with Gasteiger partial charge in [-0.15, -0.1) is 23.7 Å². The lowest BCUT2D eigenvalue weighted by Gasteiger charge is -1.94. The summed E-state index contributed by atoms with van der Waals surface area (Å²) in [5.74, 6) is 12.9. The molecular formula is C14H22. The Morgan fingerprint density at radius 3 is 1.93 bits per heavy atom. The van der Waals surface area contributed by atoms with Crippen molar-refractivity contribution in [3.05, 3.63) is 0 Å². The Hall–Kier alpha value is -0.880. The molecule has 78 valence electrons. The van der Waals surface area contributed by atoms with Crippen LogP contribution in [0.4, 0.5) is 0 Å². The summed E-state index contributed by atoms with van der Waals surface area (Å²) >= 11 is 0. The standard InChI is InChI=1S/C14H22/c1-4-5-6-7-8-9-10-11-12-13-14(2)3/h14H,6-11H2,1-3H3. The molecule has 0 aromatic rings. The van der Waals surface area contributed by atoms with E-state index >= 15 is 0 Å². The zero-order valence-corrected chi connectivity index (χ0v) is 9.82. The van der Waals surface area contributed by atoms with Crippen LogP contribution in [0.15, 0.2) is 0 Å². The van der Waals surface area contributed by atoms with Crippen LogP contribution in [-0.2, 0) is 0 Å². The largest absolute Gasteiger partial charge is 0.107 e. The van der Waals surface area contributed by atoms with Gasteiger partial charge in [-0.3, -0.25) is 0 Å². The minimum atomic E-state index is 0.523. The molecule has 0 fully saturated rings. The Morgan fingerprint density at radius 2 is 1.43 bits per heavy atom. The maximum Gasteiger partial charge on any atom is 0.0146 e. The van der Waals surface area contributed by atoms with Crippen molar-refractivity contribution in [1.82, 2.24) is 0 Å². The monoisotopic (exact) mass is 190 g/mol.